The number of phenolic OH excluding ortho intramolecular Hbond substituents is 1. The van der Waals surface area contributed by atoms with E-state index in [2.05, 4.69) is 5.10 Å². The summed E-state index contributed by atoms with van der Waals surface area (Å²) in [4.78, 5) is 27.2. The summed E-state index contributed by atoms with van der Waals surface area (Å²) in [5.74, 6) is -1.29. The van der Waals surface area contributed by atoms with Crippen molar-refractivity contribution in [2.45, 2.75) is 19.4 Å². The van der Waals surface area contributed by atoms with Crippen molar-refractivity contribution in [3.8, 4) is 5.75 Å². The molecule has 1 aliphatic heterocycles. The molecule has 0 bridgehead atoms. The number of nitrogens with zero attached hydrogens (tertiary/aromatic N) is 2. The Morgan fingerprint density at radius 3 is 2.69 bits per heavy atom. The summed E-state index contributed by atoms with van der Waals surface area (Å²) in [7, 11) is 0. The zero-order valence-corrected chi connectivity index (χ0v) is 17.2. The molecule has 148 valence electrons. The number of esters is 1. The first kappa shape index (κ1) is 19.4. The van der Waals surface area contributed by atoms with E-state index in [0.29, 0.717) is 12.0 Å². The van der Waals surface area contributed by atoms with E-state index in [4.69, 9.17) is 4.74 Å². The van der Waals surface area contributed by atoms with Gasteiger partial charge in [-0.15, -0.1) is 22.7 Å². The third-order valence-electron chi connectivity index (χ3n) is 4.63. The predicted molar refractivity (Wildman–Crippen MR) is 113 cm³/mol. The van der Waals surface area contributed by atoms with Crippen LogP contribution in [0.4, 0.5) is 0 Å². The predicted octanol–water partition coefficient (Wildman–Crippen LogP) is 4.36. The lowest BCUT2D eigenvalue weighted by Gasteiger charge is -2.20. The van der Waals surface area contributed by atoms with Crippen LogP contribution in [0.1, 0.15) is 38.1 Å². The zero-order valence-electron chi connectivity index (χ0n) is 15.6. The van der Waals surface area contributed by atoms with E-state index >= 15 is 0 Å². The fraction of sp³-hybridized carbons (Fsp3) is 0.190. The maximum Gasteiger partial charge on any atom is 0.342 e. The minimum Gasteiger partial charge on any atom is -0.507 e. The molecule has 2 aromatic heterocycles. The number of aromatic hydroxyl groups is 1. The van der Waals surface area contributed by atoms with E-state index in [-0.39, 0.29) is 17.4 Å². The Morgan fingerprint density at radius 1 is 1.17 bits per heavy atom. The standard InChI is InChI=1S/C21H18N2O4S2/c1-13-5-2-6-14(20(13)25)21(26)27-12-19(24)23-16(18-8-4-10-29-18)11-15(22-23)17-7-3-9-28-17/h2-10,16,25H,11-12H2,1H3. The molecule has 3 aromatic rings. The number of benzene rings is 1. The van der Waals surface area contributed by atoms with Crippen LogP contribution in [-0.4, -0.2) is 34.3 Å². The molecule has 1 amide bonds. The summed E-state index contributed by atoms with van der Waals surface area (Å²) in [6.45, 7) is 1.24. The minimum atomic E-state index is -0.742. The van der Waals surface area contributed by atoms with Gasteiger partial charge in [0.2, 0.25) is 0 Å². The monoisotopic (exact) mass is 426 g/mol. The topological polar surface area (TPSA) is 79.2 Å². The molecule has 1 atom stereocenters. The van der Waals surface area contributed by atoms with Crippen molar-refractivity contribution in [2.75, 3.05) is 6.61 Å². The fourth-order valence-electron chi connectivity index (χ4n) is 3.13. The number of para-hydroxylation sites is 1. The van der Waals surface area contributed by atoms with E-state index in [1.807, 2.05) is 35.0 Å². The number of hydrogen-bond donors (Lipinski definition) is 1. The SMILES string of the molecule is Cc1cccc(C(=O)OCC(=O)N2N=C(c3cccs3)CC2c2cccs2)c1O. The molecule has 6 nitrogen and oxygen atoms in total. The molecule has 8 heteroatoms. The highest BCUT2D eigenvalue weighted by atomic mass is 32.1. The molecule has 0 radical (unpaired) electrons. The molecule has 1 unspecified atom stereocenters. The van der Waals surface area contributed by atoms with Crippen LogP contribution >= 0.6 is 22.7 Å². The maximum absolute atomic E-state index is 12.8. The summed E-state index contributed by atoms with van der Waals surface area (Å²) < 4.78 is 5.18. The number of carbonyl (C=O) groups excluding carboxylic acids is 2. The molecule has 29 heavy (non-hydrogen) atoms. The van der Waals surface area contributed by atoms with Crippen LogP contribution in [0.3, 0.4) is 0 Å². The van der Waals surface area contributed by atoms with Gasteiger partial charge in [0.15, 0.2) is 6.61 Å². The Labute approximate surface area is 175 Å². The van der Waals surface area contributed by atoms with Gasteiger partial charge in [0, 0.05) is 11.3 Å². The average molecular weight is 427 g/mol. The highest BCUT2D eigenvalue weighted by Gasteiger charge is 2.34. The normalized spacial score (nSPS) is 16.0. The van der Waals surface area contributed by atoms with Crippen molar-refractivity contribution in [2.24, 2.45) is 5.10 Å². The second-order valence-electron chi connectivity index (χ2n) is 6.54. The number of thiophene rings is 2. The molecule has 0 saturated heterocycles. The van der Waals surface area contributed by atoms with Gasteiger partial charge in [0.25, 0.3) is 5.91 Å². The molecule has 0 saturated carbocycles. The first-order valence-electron chi connectivity index (χ1n) is 8.97. The van der Waals surface area contributed by atoms with E-state index in [0.717, 1.165) is 15.5 Å². The van der Waals surface area contributed by atoms with Crippen molar-refractivity contribution in [1.29, 1.82) is 0 Å². The summed E-state index contributed by atoms with van der Waals surface area (Å²) in [5.41, 5.74) is 1.44. The van der Waals surface area contributed by atoms with Crippen LogP contribution < -0.4 is 0 Å². The highest BCUT2D eigenvalue weighted by molar-refractivity contribution is 7.12. The third-order valence-corrected chi connectivity index (χ3v) is 6.52. The number of ether oxygens (including phenoxy) is 1. The molecule has 3 heterocycles. The van der Waals surface area contributed by atoms with Crippen LogP contribution in [0.25, 0.3) is 0 Å². The number of carbonyl (C=O) groups is 2. The number of amides is 1. The number of rotatable bonds is 5. The van der Waals surface area contributed by atoms with E-state index in [9.17, 15) is 14.7 Å². The lowest BCUT2D eigenvalue weighted by Crippen LogP contribution is -2.31. The quantitative estimate of drug-likeness (QED) is 0.615. The summed E-state index contributed by atoms with van der Waals surface area (Å²) in [6, 6.07) is 12.4. The molecule has 1 aromatic carbocycles. The number of aryl methyl sites for hydroxylation is 1. The van der Waals surface area contributed by atoms with Crippen molar-refractivity contribution in [3.05, 3.63) is 74.1 Å². The van der Waals surface area contributed by atoms with Gasteiger partial charge in [-0.3, -0.25) is 4.79 Å². The molecule has 4 rings (SSSR count). The van der Waals surface area contributed by atoms with Crippen molar-refractivity contribution in [1.82, 2.24) is 5.01 Å². The molecule has 1 N–H and O–H groups in total. The Balaban J connectivity index is 1.50. The Bertz CT molecular complexity index is 1060. The van der Waals surface area contributed by atoms with Gasteiger partial charge in [-0.25, -0.2) is 9.80 Å². The first-order valence-corrected chi connectivity index (χ1v) is 10.7. The van der Waals surface area contributed by atoms with Crippen LogP contribution in [0.15, 0.2) is 58.3 Å². The first-order chi connectivity index (χ1) is 14.0. The number of hydrazone groups is 1. The average Bonchev–Trinajstić information content (AvgIpc) is 3.48. The number of hydrogen-bond acceptors (Lipinski definition) is 7. The molecular weight excluding hydrogens is 408 g/mol. The zero-order chi connectivity index (χ0) is 20.4. The van der Waals surface area contributed by atoms with Crippen LogP contribution in [0.5, 0.6) is 5.75 Å². The second-order valence-corrected chi connectivity index (χ2v) is 8.47. The van der Waals surface area contributed by atoms with Crippen LogP contribution in [0, 0.1) is 6.92 Å². The Hall–Kier alpha value is -2.97. The third kappa shape index (κ3) is 3.94. The van der Waals surface area contributed by atoms with E-state index in [1.54, 1.807) is 41.7 Å². The lowest BCUT2D eigenvalue weighted by atomic mass is 10.1. The van der Waals surface area contributed by atoms with Gasteiger partial charge in [-0.1, -0.05) is 24.3 Å². The van der Waals surface area contributed by atoms with Crippen LogP contribution in [0.2, 0.25) is 0 Å². The molecule has 0 spiro atoms. The Morgan fingerprint density at radius 2 is 1.97 bits per heavy atom. The van der Waals surface area contributed by atoms with Gasteiger partial charge in [-0.05, 0) is 41.4 Å². The van der Waals surface area contributed by atoms with Gasteiger partial charge in [-0.2, -0.15) is 5.10 Å². The smallest absolute Gasteiger partial charge is 0.342 e. The van der Waals surface area contributed by atoms with Gasteiger partial charge < -0.3 is 9.84 Å². The molecular formula is C21H18N2O4S2. The minimum absolute atomic E-state index is 0.0387. The van der Waals surface area contributed by atoms with Gasteiger partial charge in [0.05, 0.1) is 16.6 Å². The van der Waals surface area contributed by atoms with E-state index in [1.165, 1.54) is 11.1 Å². The van der Waals surface area contributed by atoms with Crippen molar-refractivity contribution in [3.63, 3.8) is 0 Å². The van der Waals surface area contributed by atoms with E-state index < -0.39 is 18.5 Å². The number of phenols is 1. The van der Waals surface area contributed by atoms with Crippen LogP contribution in [-0.2, 0) is 9.53 Å². The highest BCUT2D eigenvalue weighted by Crippen LogP contribution is 2.36. The summed E-state index contributed by atoms with van der Waals surface area (Å²) in [5, 5.41) is 19.9. The second kappa shape index (κ2) is 8.18. The molecule has 0 fully saturated rings. The summed E-state index contributed by atoms with van der Waals surface area (Å²) >= 11 is 3.13. The van der Waals surface area contributed by atoms with Crippen molar-refractivity contribution >= 4 is 40.3 Å². The molecule has 0 aliphatic carbocycles. The summed E-state index contributed by atoms with van der Waals surface area (Å²) in [6.07, 6.45) is 0.610. The van der Waals surface area contributed by atoms with Gasteiger partial charge >= 0.3 is 5.97 Å². The maximum atomic E-state index is 12.8. The lowest BCUT2D eigenvalue weighted by molar-refractivity contribution is -0.136. The van der Waals surface area contributed by atoms with Crippen molar-refractivity contribution < 1.29 is 19.4 Å². The Kier molecular flexibility index (Phi) is 5.46. The molecule has 1 aliphatic rings. The largest absolute Gasteiger partial charge is 0.507 e. The van der Waals surface area contributed by atoms with Gasteiger partial charge in [0.1, 0.15) is 11.3 Å². The fourth-order valence-corrected chi connectivity index (χ4v) is 4.66.